The summed E-state index contributed by atoms with van der Waals surface area (Å²) in [4.78, 5) is -0.658. The van der Waals surface area contributed by atoms with Gasteiger partial charge in [0.1, 0.15) is 4.90 Å². The first-order chi connectivity index (χ1) is 8.18. The molecule has 18 heavy (non-hydrogen) atoms. The number of terminal acetylenes is 1. The van der Waals surface area contributed by atoms with Crippen molar-refractivity contribution in [1.82, 2.24) is 4.72 Å². The molecule has 0 spiro atoms. The Kier molecular flexibility index (Phi) is 4.27. The lowest BCUT2D eigenvalue weighted by Crippen LogP contribution is -2.24. The molecule has 0 saturated heterocycles. The van der Waals surface area contributed by atoms with E-state index in [4.69, 9.17) is 18.0 Å². The minimum absolute atomic E-state index is 0.312. The van der Waals surface area contributed by atoms with Crippen LogP contribution in [0.25, 0.3) is 0 Å². The van der Waals surface area contributed by atoms with E-state index in [0.717, 1.165) is 6.07 Å². The Balaban J connectivity index is 3.29. The Morgan fingerprint density at radius 1 is 1.39 bits per heavy atom. The maximum Gasteiger partial charge on any atom is 0.416 e. The Labute approximate surface area is 107 Å². The number of sulfonamides is 1. The van der Waals surface area contributed by atoms with Gasteiger partial charge in [-0.25, -0.2) is 8.42 Å². The zero-order valence-corrected chi connectivity index (χ0v) is 10.3. The van der Waals surface area contributed by atoms with Gasteiger partial charge < -0.3 is 0 Å². The van der Waals surface area contributed by atoms with Crippen LogP contribution in [0.3, 0.4) is 0 Å². The molecule has 0 aliphatic carbocycles. The summed E-state index contributed by atoms with van der Waals surface area (Å²) in [5.41, 5.74) is -1.10. The Morgan fingerprint density at radius 2 is 2.00 bits per heavy atom. The summed E-state index contributed by atoms with van der Waals surface area (Å²) in [6, 6.07) is 2.03. The van der Waals surface area contributed by atoms with Gasteiger partial charge in [-0.05, 0) is 18.2 Å². The van der Waals surface area contributed by atoms with Crippen molar-refractivity contribution in [2.45, 2.75) is 11.1 Å². The minimum Gasteiger partial charge on any atom is -0.207 e. The summed E-state index contributed by atoms with van der Waals surface area (Å²) in [6.45, 7) is -0.338. The number of halogens is 4. The lowest BCUT2D eigenvalue weighted by molar-refractivity contribution is -0.137. The fraction of sp³-hybridized carbons (Fsp3) is 0.200. The molecule has 1 N–H and O–H groups in total. The number of hydrogen-bond acceptors (Lipinski definition) is 2. The fourth-order valence-corrected chi connectivity index (χ4v) is 2.56. The van der Waals surface area contributed by atoms with Gasteiger partial charge >= 0.3 is 6.18 Å². The van der Waals surface area contributed by atoms with Gasteiger partial charge in [0.25, 0.3) is 0 Å². The number of rotatable bonds is 3. The highest BCUT2D eigenvalue weighted by molar-refractivity contribution is 7.89. The first-order valence-electron chi connectivity index (χ1n) is 4.48. The molecule has 0 heterocycles. The number of nitrogens with one attached hydrogen (secondary N) is 1. The number of alkyl halides is 3. The van der Waals surface area contributed by atoms with Crippen LogP contribution < -0.4 is 4.72 Å². The SMILES string of the molecule is C#CCNS(=O)(=O)c1cc(C(F)(F)F)ccc1Cl. The third kappa shape index (κ3) is 3.38. The van der Waals surface area contributed by atoms with Crippen LogP contribution in [0.15, 0.2) is 23.1 Å². The van der Waals surface area contributed by atoms with Crippen molar-refractivity contribution in [1.29, 1.82) is 0 Å². The van der Waals surface area contributed by atoms with Crippen LogP contribution in [0.5, 0.6) is 0 Å². The summed E-state index contributed by atoms with van der Waals surface area (Å²) in [5, 5.41) is -0.312. The molecular formula is C10H7ClF3NO2S. The van der Waals surface area contributed by atoms with E-state index in [0.29, 0.717) is 12.1 Å². The van der Waals surface area contributed by atoms with E-state index in [1.807, 2.05) is 10.6 Å². The molecule has 8 heteroatoms. The van der Waals surface area contributed by atoms with E-state index in [-0.39, 0.29) is 11.6 Å². The van der Waals surface area contributed by atoms with Gasteiger partial charge in [0, 0.05) is 0 Å². The van der Waals surface area contributed by atoms with Gasteiger partial charge in [0.15, 0.2) is 0 Å². The average molecular weight is 298 g/mol. The quantitative estimate of drug-likeness (QED) is 0.870. The molecule has 0 fully saturated rings. The fourth-order valence-electron chi connectivity index (χ4n) is 1.10. The Morgan fingerprint density at radius 3 is 2.50 bits per heavy atom. The number of benzene rings is 1. The van der Waals surface area contributed by atoms with Gasteiger partial charge in [-0.15, -0.1) is 6.42 Å². The van der Waals surface area contributed by atoms with Gasteiger partial charge in [-0.3, -0.25) is 0 Å². The molecule has 3 nitrogen and oxygen atoms in total. The highest BCUT2D eigenvalue weighted by Gasteiger charge is 2.32. The standard InChI is InChI=1S/C10H7ClF3NO2S/c1-2-5-15-18(16,17)9-6-7(10(12,13)14)3-4-8(9)11/h1,3-4,6,15H,5H2. The van der Waals surface area contributed by atoms with Crippen LogP contribution in [0, 0.1) is 12.3 Å². The second kappa shape index (κ2) is 5.18. The van der Waals surface area contributed by atoms with Crippen molar-refractivity contribution >= 4 is 21.6 Å². The third-order valence-electron chi connectivity index (χ3n) is 1.91. The third-order valence-corrected chi connectivity index (χ3v) is 3.80. The maximum absolute atomic E-state index is 12.4. The molecule has 1 aromatic rings. The second-order valence-corrected chi connectivity index (χ2v) is 5.31. The molecule has 0 aromatic heterocycles. The zero-order chi connectivity index (χ0) is 14.0. The molecule has 0 aliphatic heterocycles. The van der Waals surface area contributed by atoms with E-state index in [2.05, 4.69) is 0 Å². The van der Waals surface area contributed by atoms with Gasteiger partial charge in [0.2, 0.25) is 10.0 Å². The topological polar surface area (TPSA) is 46.2 Å². The van der Waals surface area contributed by atoms with Crippen LogP contribution in [-0.4, -0.2) is 15.0 Å². The minimum atomic E-state index is -4.65. The number of hydrogen-bond donors (Lipinski definition) is 1. The maximum atomic E-state index is 12.4. The summed E-state index contributed by atoms with van der Waals surface area (Å²) >= 11 is 5.57. The Hall–Kier alpha value is -1.23. The van der Waals surface area contributed by atoms with Crippen LogP contribution in [0.4, 0.5) is 13.2 Å². The molecule has 98 valence electrons. The molecule has 0 saturated carbocycles. The Bertz CT molecular complexity index is 590. The van der Waals surface area contributed by atoms with Crippen LogP contribution in [0.2, 0.25) is 5.02 Å². The summed E-state index contributed by atoms with van der Waals surface area (Å²) in [7, 11) is -4.16. The normalized spacial score (nSPS) is 12.2. The van der Waals surface area contributed by atoms with Crippen molar-refractivity contribution in [3.8, 4) is 12.3 Å². The molecule has 0 unspecified atom stereocenters. The van der Waals surface area contributed by atoms with E-state index in [1.54, 1.807) is 0 Å². The van der Waals surface area contributed by atoms with E-state index < -0.39 is 26.7 Å². The predicted molar refractivity (Wildman–Crippen MR) is 60.5 cm³/mol. The predicted octanol–water partition coefficient (Wildman–Crippen LogP) is 2.27. The summed E-state index contributed by atoms with van der Waals surface area (Å²) < 4.78 is 62.5. The van der Waals surface area contributed by atoms with E-state index in [1.165, 1.54) is 0 Å². The van der Waals surface area contributed by atoms with Crippen molar-refractivity contribution in [3.05, 3.63) is 28.8 Å². The van der Waals surface area contributed by atoms with Crippen LogP contribution in [-0.2, 0) is 16.2 Å². The molecule has 0 bridgehead atoms. The average Bonchev–Trinajstić information content (AvgIpc) is 2.25. The molecule has 1 rings (SSSR count). The molecular weight excluding hydrogens is 291 g/mol. The lowest BCUT2D eigenvalue weighted by atomic mass is 10.2. The second-order valence-electron chi connectivity index (χ2n) is 3.17. The van der Waals surface area contributed by atoms with Crippen molar-refractivity contribution in [2.75, 3.05) is 6.54 Å². The van der Waals surface area contributed by atoms with Crippen molar-refractivity contribution in [2.24, 2.45) is 0 Å². The largest absolute Gasteiger partial charge is 0.416 e. The summed E-state index contributed by atoms with van der Waals surface area (Å²) in [5.74, 6) is 2.00. The van der Waals surface area contributed by atoms with Gasteiger partial charge in [-0.1, -0.05) is 17.5 Å². The van der Waals surface area contributed by atoms with Gasteiger partial charge in [0.05, 0.1) is 17.1 Å². The molecule has 1 aromatic carbocycles. The van der Waals surface area contributed by atoms with E-state index in [9.17, 15) is 21.6 Å². The molecule has 0 aliphatic rings. The first-order valence-corrected chi connectivity index (χ1v) is 6.34. The van der Waals surface area contributed by atoms with Gasteiger partial charge in [-0.2, -0.15) is 17.9 Å². The van der Waals surface area contributed by atoms with Crippen molar-refractivity contribution < 1.29 is 21.6 Å². The zero-order valence-electron chi connectivity index (χ0n) is 8.75. The molecule has 0 atom stereocenters. The van der Waals surface area contributed by atoms with E-state index >= 15 is 0 Å². The van der Waals surface area contributed by atoms with Crippen LogP contribution in [0.1, 0.15) is 5.56 Å². The molecule has 0 amide bonds. The monoisotopic (exact) mass is 297 g/mol. The molecule has 0 radical (unpaired) electrons. The first kappa shape index (κ1) is 14.8. The highest BCUT2D eigenvalue weighted by atomic mass is 35.5. The lowest BCUT2D eigenvalue weighted by Gasteiger charge is -2.10. The highest BCUT2D eigenvalue weighted by Crippen LogP contribution is 2.33. The smallest absolute Gasteiger partial charge is 0.207 e. The van der Waals surface area contributed by atoms with Crippen molar-refractivity contribution in [3.63, 3.8) is 0 Å². The van der Waals surface area contributed by atoms with Crippen LogP contribution >= 0.6 is 11.6 Å². The summed E-state index contributed by atoms with van der Waals surface area (Å²) in [6.07, 6.45) is 0.209.